The third kappa shape index (κ3) is 4.13. The van der Waals surface area contributed by atoms with Crippen LogP contribution in [0, 0.1) is 0 Å². The van der Waals surface area contributed by atoms with Gasteiger partial charge in [0.05, 0.1) is 6.42 Å². The first kappa shape index (κ1) is 16.6. The Balaban J connectivity index is 1.96. The summed E-state index contributed by atoms with van der Waals surface area (Å²) >= 11 is 1.92. The molecule has 1 aromatic rings. The van der Waals surface area contributed by atoms with Gasteiger partial charge in [-0.2, -0.15) is 11.8 Å². The summed E-state index contributed by atoms with van der Waals surface area (Å²) in [6.45, 7) is 8.52. The van der Waals surface area contributed by atoms with E-state index in [1.807, 2.05) is 40.9 Å². The average molecular weight is 318 g/mol. The maximum atomic E-state index is 12.5. The number of amides is 2. The highest BCUT2D eigenvalue weighted by Gasteiger charge is 2.28. The third-order valence-corrected chi connectivity index (χ3v) is 5.30. The fraction of sp³-hybridized carbons (Fsp3) is 0.412. The van der Waals surface area contributed by atoms with Crippen molar-refractivity contribution in [2.75, 3.05) is 17.6 Å². The van der Waals surface area contributed by atoms with Crippen molar-refractivity contribution >= 4 is 29.3 Å². The molecule has 4 nitrogen and oxygen atoms in total. The monoisotopic (exact) mass is 318 g/mol. The number of hydrogen-bond donors (Lipinski definition) is 1. The van der Waals surface area contributed by atoms with Gasteiger partial charge < -0.3 is 10.2 Å². The zero-order valence-electron chi connectivity index (χ0n) is 13.0. The van der Waals surface area contributed by atoms with Crippen molar-refractivity contribution in [3.63, 3.8) is 0 Å². The van der Waals surface area contributed by atoms with Gasteiger partial charge in [0, 0.05) is 29.3 Å². The summed E-state index contributed by atoms with van der Waals surface area (Å²) in [5, 5.41) is 3.17. The molecule has 1 aliphatic heterocycles. The zero-order chi connectivity index (χ0) is 16.1. The van der Waals surface area contributed by atoms with Crippen LogP contribution < -0.4 is 5.32 Å². The van der Waals surface area contributed by atoms with Gasteiger partial charge in [-0.3, -0.25) is 9.59 Å². The van der Waals surface area contributed by atoms with Crippen LogP contribution in [-0.4, -0.2) is 40.3 Å². The number of carbonyl (C=O) groups excluding carboxylic acids is 2. The molecule has 0 radical (unpaired) electrons. The van der Waals surface area contributed by atoms with Crippen molar-refractivity contribution in [3.8, 4) is 0 Å². The van der Waals surface area contributed by atoms with Crippen LogP contribution in [0.2, 0.25) is 0 Å². The van der Waals surface area contributed by atoms with Gasteiger partial charge in [0.15, 0.2) is 0 Å². The Kier molecular flexibility index (Phi) is 5.66. The Hall–Kier alpha value is -1.75. The van der Waals surface area contributed by atoms with Gasteiger partial charge >= 0.3 is 0 Å². The highest BCUT2D eigenvalue weighted by molar-refractivity contribution is 8.00. The largest absolute Gasteiger partial charge is 0.338 e. The second kappa shape index (κ2) is 7.49. The van der Waals surface area contributed by atoms with E-state index < -0.39 is 0 Å². The molecule has 1 aliphatic rings. The summed E-state index contributed by atoms with van der Waals surface area (Å²) in [5.41, 5.74) is 1.66. The molecule has 5 heteroatoms. The maximum Gasteiger partial charge on any atom is 0.247 e. The molecule has 1 saturated heterocycles. The minimum absolute atomic E-state index is 0.169. The second-order valence-electron chi connectivity index (χ2n) is 5.47. The molecule has 118 valence electrons. The fourth-order valence-electron chi connectivity index (χ4n) is 2.46. The van der Waals surface area contributed by atoms with Crippen LogP contribution in [-0.2, 0) is 16.0 Å². The van der Waals surface area contributed by atoms with Gasteiger partial charge in [-0.05, 0) is 30.7 Å². The first-order chi connectivity index (χ1) is 10.5. The lowest BCUT2D eigenvalue weighted by atomic mass is 10.1. The molecule has 1 fully saturated rings. The summed E-state index contributed by atoms with van der Waals surface area (Å²) in [6, 6.07) is 7.65. The number of anilines is 1. The lowest BCUT2D eigenvalue weighted by Crippen LogP contribution is -2.48. The van der Waals surface area contributed by atoms with E-state index in [0.717, 1.165) is 17.9 Å². The Morgan fingerprint density at radius 2 is 2.05 bits per heavy atom. The summed E-state index contributed by atoms with van der Waals surface area (Å²) in [6.07, 6.45) is 1.63. The van der Waals surface area contributed by atoms with Crippen LogP contribution >= 0.6 is 11.8 Å². The molecular weight excluding hydrogens is 296 g/mol. The van der Waals surface area contributed by atoms with Crippen LogP contribution in [0.15, 0.2) is 36.9 Å². The van der Waals surface area contributed by atoms with Gasteiger partial charge in [-0.15, -0.1) is 0 Å². The van der Waals surface area contributed by atoms with Crippen LogP contribution in [0.5, 0.6) is 0 Å². The molecule has 0 aliphatic carbocycles. The molecule has 1 N–H and O–H groups in total. The molecule has 0 saturated carbocycles. The first-order valence-electron chi connectivity index (χ1n) is 7.44. The van der Waals surface area contributed by atoms with Crippen LogP contribution in [0.1, 0.15) is 19.4 Å². The average Bonchev–Trinajstić information content (AvgIpc) is 2.51. The van der Waals surface area contributed by atoms with E-state index in [1.165, 1.54) is 6.08 Å². The summed E-state index contributed by atoms with van der Waals surface area (Å²) < 4.78 is 0. The van der Waals surface area contributed by atoms with Gasteiger partial charge in [0.1, 0.15) is 0 Å². The molecule has 0 bridgehead atoms. The Bertz CT molecular complexity index is 556. The Morgan fingerprint density at radius 1 is 1.36 bits per heavy atom. The van der Waals surface area contributed by atoms with Gasteiger partial charge in [0.2, 0.25) is 11.8 Å². The molecule has 2 rings (SSSR count). The molecule has 1 aromatic carbocycles. The molecule has 22 heavy (non-hydrogen) atoms. The number of nitrogens with zero attached hydrogens (tertiary/aromatic N) is 1. The molecule has 0 spiro atoms. The van der Waals surface area contributed by atoms with E-state index in [2.05, 4.69) is 25.7 Å². The van der Waals surface area contributed by atoms with Crippen molar-refractivity contribution in [1.82, 2.24) is 4.90 Å². The van der Waals surface area contributed by atoms with Gasteiger partial charge in [-0.25, -0.2) is 0 Å². The number of benzene rings is 1. The predicted octanol–water partition coefficient (Wildman–Crippen LogP) is 2.71. The number of rotatable bonds is 4. The minimum Gasteiger partial charge on any atom is -0.338 e. The highest BCUT2D eigenvalue weighted by atomic mass is 32.2. The van der Waals surface area contributed by atoms with Crippen LogP contribution in [0.4, 0.5) is 5.69 Å². The molecule has 1 heterocycles. The SMILES string of the molecule is C=CC(=O)Nc1ccc(CC(=O)N2CCSC(C)C2C)cc1. The number of thioether (sulfide) groups is 1. The lowest BCUT2D eigenvalue weighted by Gasteiger charge is -2.37. The summed E-state index contributed by atoms with van der Waals surface area (Å²) in [7, 11) is 0. The first-order valence-corrected chi connectivity index (χ1v) is 8.49. The van der Waals surface area contributed by atoms with Gasteiger partial charge in [-0.1, -0.05) is 25.6 Å². The minimum atomic E-state index is -0.238. The van der Waals surface area contributed by atoms with Crippen molar-refractivity contribution in [1.29, 1.82) is 0 Å². The molecular formula is C17H22N2O2S. The molecule has 2 unspecified atom stereocenters. The fourth-order valence-corrected chi connectivity index (χ4v) is 3.56. The van der Waals surface area contributed by atoms with Crippen molar-refractivity contribution in [3.05, 3.63) is 42.5 Å². The Labute approximate surface area is 136 Å². The topological polar surface area (TPSA) is 49.4 Å². The van der Waals surface area contributed by atoms with E-state index in [0.29, 0.717) is 17.4 Å². The van der Waals surface area contributed by atoms with Crippen molar-refractivity contribution in [2.24, 2.45) is 0 Å². The Morgan fingerprint density at radius 3 is 2.68 bits per heavy atom. The van der Waals surface area contributed by atoms with E-state index in [9.17, 15) is 9.59 Å². The number of carbonyl (C=O) groups is 2. The quantitative estimate of drug-likeness (QED) is 0.869. The van der Waals surface area contributed by atoms with Gasteiger partial charge in [0.25, 0.3) is 0 Å². The van der Waals surface area contributed by atoms with Crippen molar-refractivity contribution in [2.45, 2.75) is 31.6 Å². The third-order valence-electron chi connectivity index (χ3n) is 3.97. The lowest BCUT2D eigenvalue weighted by molar-refractivity contribution is -0.132. The van der Waals surface area contributed by atoms with E-state index >= 15 is 0 Å². The predicted molar refractivity (Wildman–Crippen MR) is 92.1 cm³/mol. The smallest absolute Gasteiger partial charge is 0.247 e. The second-order valence-corrected chi connectivity index (χ2v) is 6.96. The highest BCUT2D eigenvalue weighted by Crippen LogP contribution is 2.24. The number of nitrogens with one attached hydrogen (secondary N) is 1. The standard InChI is InChI=1S/C17H22N2O2S/c1-4-16(20)18-15-7-5-14(6-8-15)11-17(21)19-9-10-22-13(3)12(19)2/h4-8,12-13H,1,9-11H2,2-3H3,(H,18,20). The van der Waals surface area contributed by atoms with Crippen molar-refractivity contribution < 1.29 is 9.59 Å². The molecule has 2 atom stereocenters. The number of hydrogen-bond acceptors (Lipinski definition) is 3. The molecule has 0 aromatic heterocycles. The maximum absolute atomic E-state index is 12.5. The summed E-state index contributed by atoms with van der Waals surface area (Å²) in [4.78, 5) is 25.7. The van der Waals surface area contributed by atoms with E-state index in [-0.39, 0.29) is 17.9 Å². The zero-order valence-corrected chi connectivity index (χ0v) is 13.9. The summed E-state index contributed by atoms with van der Waals surface area (Å²) in [5.74, 6) is 0.934. The van der Waals surface area contributed by atoms with Crippen LogP contribution in [0.25, 0.3) is 0 Å². The van der Waals surface area contributed by atoms with E-state index in [1.54, 1.807) is 0 Å². The normalized spacial score (nSPS) is 21.3. The van der Waals surface area contributed by atoms with Crippen LogP contribution in [0.3, 0.4) is 0 Å². The molecule has 2 amide bonds. The van der Waals surface area contributed by atoms with E-state index in [4.69, 9.17) is 0 Å².